The summed E-state index contributed by atoms with van der Waals surface area (Å²) in [4.78, 5) is 17.1. The number of benzene rings is 2. The average Bonchev–Trinajstić information content (AvgIpc) is 3.10. The highest BCUT2D eigenvalue weighted by atomic mass is 19.1. The van der Waals surface area contributed by atoms with Crippen LogP contribution in [0, 0.1) is 19.7 Å². The van der Waals surface area contributed by atoms with Crippen LogP contribution in [0.2, 0.25) is 0 Å². The molecule has 2 aromatic carbocycles. The number of amides is 1. The molecule has 1 N–H and O–H groups in total. The third-order valence-electron chi connectivity index (χ3n) is 5.47. The Hall–Kier alpha value is -3.94. The van der Waals surface area contributed by atoms with Crippen LogP contribution in [0.3, 0.4) is 0 Å². The maximum Gasteiger partial charge on any atom is 0.272 e. The molecular weight excluding hydrogens is 395 g/mol. The standard InChI is InChI=1S/C23H19FN6O/c1-13-7-9-15(10-8-13)19-12-25-28-23(26-19)30-22-21(14(2)29-30)17(11-20(31)27-22)16-5-3-4-6-18(16)24/h3-10,12,17H,11H2,1-2H3,(H,27,31). The predicted molar refractivity (Wildman–Crippen MR) is 113 cm³/mol. The van der Waals surface area contributed by atoms with Gasteiger partial charge in [-0.25, -0.2) is 9.37 Å². The lowest BCUT2D eigenvalue weighted by atomic mass is 9.85. The lowest BCUT2D eigenvalue weighted by molar-refractivity contribution is -0.116. The van der Waals surface area contributed by atoms with Crippen molar-refractivity contribution in [2.75, 3.05) is 5.32 Å². The zero-order chi connectivity index (χ0) is 21.5. The number of hydrogen-bond donors (Lipinski definition) is 1. The van der Waals surface area contributed by atoms with Crippen LogP contribution in [0.15, 0.2) is 54.7 Å². The summed E-state index contributed by atoms with van der Waals surface area (Å²) in [5.41, 5.74) is 4.58. The Kier molecular flexibility index (Phi) is 4.54. The quantitative estimate of drug-likeness (QED) is 0.549. The van der Waals surface area contributed by atoms with Crippen molar-refractivity contribution < 1.29 is 9.18 Å². The minimum atomic E-state index is -0.438. The summed E-state index contributed by atoms with van der Waals surface area (Å²) in [6.07, 6.45) is 1.72. The molecule has 0 bridgehead atoms. The fourth-order valence-corrected chi connectivity index (χ4v) is 3.96. The fraction of sp³-hybridized carbons (Fsp3) is 0.174. The van der Waals surface area contributed by atoms with Crippen molar-refractivity contribution >= 4 is 11.7 Å². The molecule has 3 heterocycles. The monoisotopic (exact) mass is 414 g/mol. The zero-order valence-electron chi connectivity index (χ0n) is 17.0. The average molecular weight is 414 g/mol. The van der Waals surface area contributed by atoms with Gasteiger partial charge in [-0.05, 0) is 25.5 Å². The number of aryl methyl sites for hydroxylation is 2. The summed E-state index contributed by atoms with van der Waals surface area (Å²) in [6, 6.07) is 14.4. The van der Waals surface area contributed by atoms with Gasteiger partial charge in [0, 0.05) is 23.5 Å². The lowest BCUT2D eigenvalue weighted by Gasteiger charge is -2.24. The second-order valence-electron chi connectivity index (χ2n) is 7.59. The first-order chi connectivity index (χ1) is 15.0. The highest BCUT2D eigenvalue weighted by molar-refractivity contribution is 5.95. The Bertz CT molecular complexity index is 1300. The summed E-state index contributed by atoms with van der Waals surface area (Å²) < 4.78 is 16.0. The number of anilines is 1. The molecule has 8 heteroatoms. The summed E-state index contributed by atoms with van der Waals surface area (Å²) in [5.74, 6) is -0.321. The van der Waals surface area contributed by atoms with Crippen LogP contribution in [0.25, 0.3) is 17.2 Å². The van der Waals surface area contributed by atoms with Gasteiger partial charge in [-0.2, -0.15) is 14.9 Å². The molecule has 0 saturated carbocycles. The van der Waals surface area contributed by atoms with Gasteiger partial charge in [0.1, 0.15) is 11.6 Å². The van der Waals surface area contributed by atoms with E-state index in [2.05, 4.69) is 25.6 Å². The van der Waals surface area contributed by atoms with Gasteiger partial charge in [-0.3, -0.25) is 4.79 Å². The number of hydrogen-bond acceptors (Lipinski definition) is 5. The summed E-state index contributed by atoms with van der Waals surface area (Å²) >= 11 is 0. The molecule has 5 rings (SSSR count). The van der Waals surface area contributed by atoms with Gasteiger partial charge in [0.25, 0.3) is 5.95 Å². The second-order valence-corrected chi connectivity index (χ2v) is 7.59. The molecular formula is C23H19FN6O. The summed E-state index contributed by atoms with van der Waals surface area (Å²) in [6.45, 7) is 3.85. The van der Waals surface area contributed by atoms with E-state index >= 15 is 0 Å². The van der Waals surface area contributed by atoms with Crippen LogP contribution < -0.4 is 5.32 Å². The van der Waals surface area contributed by atoms with E-state index in [1.165, 1.54) is 10.7 Å². The topological polar surface area (TPSA) is 85.6 Å². The van der Waals surface area contributed by atoms with E-state index in [1.807, 2.05) is 38.1 Å². The van der Waals surface area contributed by atoms with Crippen molar-refractivity contribution in [2.24, 2.45) is 0 Å². The number of carbonyl (C=O) groups excluding carboxylic acids is 1. The lowest BCUT2D eigenvalue weighted by Crippen LogP contribution is -2.25. The van der Waals surface area contributed by atoms with Gasteiger partial charge >= 0.3 is 0 Å². The number of aromatic nitrogens is 5. The molecule has 1 atom stereocenters. The maximum atomic E-state index is 14.5. The van der Waals surface area contributed by atoms with Crippen molar-refractivity contribution in [1.29, 1.82) is 0 Å². The highest BCUT2D eigenvalue weighted by Gasteiger charge is 2.34. The maximum absolute atomic E-state index is 14.5. The van der Waals surface area contributed by atoms with Gasteiger partial charge in [0.15, 0.2) is 0 Å². The number of halogens is 1. The van der Waals surface area contributed by atoms with Gasteiger partial charge in [-0.1, -0.05) is 48.0 Å². The zero-order valence-corrected chi connectivity index (χ0v) is 17.0. The van der Waals surface area contributed by atoms with E-state index in [-0.39, 0.29) is 24.1 Å². The van der Waals surface area contributed by atoms with Gasteiger partial charge in [0.2, 0.25) is 5.91 Å². The molecule has 7 nitrogen and oxygen atoms in total. The molecule has 1 aliphatic rings. The number of rotatable bonds is 3. The van der Waals surface area contributed by atoms with E-state index in [4.69, 9.17) is 0 Å². The largest absolute Gasteiger partial charge is 0.310 e. The van der Waals surface area contributed by atoms with Crippen molar-refractivity contribution in [1.82, 2.24) is 25.0 Å². The van der Waals surface area contributed by atoms with Crippen LogP contribution >= 0.6 is 0 Å². The molecule has 154 valence electrons. The first kappa shape index (κ1) is 19.0. The SMILES string of the molecule is Cc1ccc(-c2cnnc(-n3nc(C)c4c3NC(=O)CC4c3ccccc3F)n2)cc1. The van der Waals surface area contributed by atoms with Crippen LogP contribution in [-0.4, -0.2) is 30.9 Å². The normalized spacial score (nSPS) is 15.5. The second kappa shape index (κ2) is 7.39. The molecule has 2 aromatic heterocycles. The Morgan fingerprint density at radius 1 is 1.10 bits per heavy atom. The Morgan fingerprint density at radius 3 is 2.65 bits per heavy atom. The molecule has 1 unspecified atom stereocenters. The van der Waals surface area contributed by atoms with Crippen LogP contribution in [0.4, 0.5) is 10.2 Å². The molecule has 0 aliphatic carbocycles. The van der Waals surface area contributed by atoms with Crippen molar-refractivity contribution in [3.05, 3.63) is 82.9 Å². The van der Waals surface area contributed by atoms with Crippen LogP contribution in [0.1, 0.15) is 34.7 Å². The predicted octanol–water partition coefficient (Wildman–Crippen LogP) is 3.95. The molecule has 0 spiro atoms. The molecule has 0 saturated heterocycles. The molecule has 1 amide bonds. The highest BCUT2D eigenvalue weighted by Crippen LogP contribution is 2.40. The Morgan fingerprint density at radius 2 is 1.87 bits per heavy atom. The first-order valence-electron chi connectivity index (χ1n) is 9.92. The van der Waals surface area contributed by atoms with E-state index in [9.17, 15) is 9.18 Å². The third-order valence-corrected chi connectivity index (χ3v) is 5.47. The van der Waals surface area contributed by atoms with Crippen molar-refractivity contribution in [3.63, 3.8) is 0 Å². The number of nitrogens with one attached hydrogen (secondary N) is 1. The Labute approximate surface area is 178 Å². The fourth-order valence-electron chi connectivity index (χ4n) is 3.96. The Balaban J connectivity index is 1.63. The van der Waals surface area contributed by atoms with Gasteiger partial charge in [0.05, 0.1) is 17.6 Å². The first-order valence-corrected chi connectivity index (χ1v) is 9.92. The van der Waals surface area contributed by atoms with Crippen LogP contribution in [0.5, 0.6) is 0 Å². The number of fused-ring (bicyclic) bond motifs is 1. The smallest absolute Gasteiger partial charge is 0.272 e. The summed E-state index contributed by atoms with van der Waals surface area (Å²) in [7, 11) is 0. The van der Waals surface area contributed by atoms with Crippen LogP contribution in [-0.2, 0) is 4.79 Å². The van der Waals surface area contributed by atoms with E-state index < -0.39 is 5.92 Å². The van der Waals surface area contributed by atoms with Gasteiger partial charge < -0.3 is 5.32 Å². The minimum Gasteiger partial charge on any atom is -0.310 e. The molecule has 1 aliphatic heterocycles. The van der Waals surface area contributed by atoms with E-state index in [0.717, 1.165) is 16.7 Å². The molecule has 0 fully saturated rings. The molecule has 4 aromatic rings. The minimum absolute atomic E-state index is 0.142. The number of nitrogens with zero attached hydrogens (tertiary/aromatic N) is 5. The van der Waals surface area contributed by atoms with Crippen molar-refractivity contribution in [2.45, 2.75) is 26.2 Å². The van der Waals surface area contributed by atoms with Crippen molar-refractivity contribution in [3.8, 4) is 17.2 Å². The molecule has 0 radical (unpaired) electrons. The van der Waals surface area contributed by atoms with E-state index in [0.29, 0.717) is 22.8 Å². The third kappa shape index (κ3) is 3.35. The van der Waals surface area contributed by atoms with E-state index in [1.54, 1.807) is 24.4 Å². The molecule has 31 heavy (non-hydrogen) atoms. The van der Waals surface area contributed by atoms with Gasteiger partial charge in [-0.15, -0.1) is 5.10 Å². The summed E-state index contributed by atoms with van der Waals surface area (Å²) in [5, 5.41) is 15.6. The number of carbonyl (C=O) groups is 1.